The molecule has 0 aromatic heterocycles. The maximum Gasteiger partial charge on any atom is 0.299 e. The van der Waals surface area contributed by atoms with E-state index in [4.69, 9.17) is 0 Å². The molecule has 2 aliphatic rings. The largest absolute Gasteiger partial charge is 0.375 e. The lowest BCUT2D eigenvalue weighted by molar-refractivity contribution is -0.393. The van der Waals surface area contributed by atoms with Gasteiger partial charge in [0.1, 0.15) is 5.69 Å². The van der Waals surface area contributed by atoms with Gasteiger partial charge in [0, 0.05) is 24.7 Å². The fourth-order valence-corrected chi connectivity index (χ4v) is 3.52. The number of nitro groups is 2. The molecule has 2 atom stereocenters. The van der Waals surface area contributed by atoms with Crippen LogP contribution in [0.5, 0.6) is 0 Å². The predicted molar refractivity (Wildman–Crippen MR) is 81.0 cm³/mol. The van der Waals surface area contributed by atoms with Gasteiger partial charge in [0.25, 0.3) is 11.4 Å². The second kappa shape index (κ2) is 5.88. The topological polar surface area (TPSA) is 102 Å². The van der Waals surface area contributed by atoms with Gasteiger partial charge in [-0.1, -0.05) is 6.42 Å². The average molecular weight is 306 g/mol. The van der Waals surface area contributed by atoms with Gasteiger partial charge in [-0.05, 0) is 31.9 Å². The fourth-order valence-electron chi connectivity index (χ4n) is 3.52. The van der Waals surface area contributed by atoms with E-state index < -0.39 is 9.85 Å². The highest BCUT2D eigenvalue weighted by Gasteiger charge is 2.36. The molecule has 8 nitrogen and oxygen atoms in total. The average Bonchev–Trinajstić information content (AvgIpc) is 2.90. The summed E-state index contributed by atoms with van der Waals surface area (Å²) in [6, 6.07) is 4.35. The standard InChI is InChI=1S/C14H18N4O4/c19-17(20)10-4-5-11(14(9-10)18(21)22)15-12-6-8-16-7-2-1-3-13(12)16/h4-5,9,12-13,15H,1-3,6-8H2/t12-,13+/m0/s1. The van der Waals surface area contributed by atoms with E-state index in [-0.39, 0.29) is 17.4 Å². The molecule has 22 heavy (non-hydrogen) atoms. The van der Waals surface area contributed by atoms with Gasteiger partial charge >= 0.3 is 0 Å². The molecule has 2 saturated heterocycles. The monoisotopic (exact) mass is 306 g/mol. The molecule has 0 aliphatic carbocycles. The summed E-state index contributed by atoms with van der Waals surface area (Å²) < 4.78 is 0. The van der Waals surface area contributed by atoms with E-state index in [0.29, 0.717) is 11.7 Å². The fraction of sp³-hybridized carbons (Fsp3) is 0.571. The van der Waals surface area contributed by atoms with Crippen LogP contribution in [0.15, 0.2) is 18.2 Å². The van der Waals surface area contributed by atoms with Crippen LogP contribution in [0.3, 0.4) is 0 Å². The first-order valence-electron chi connectivity index (χ1n) is 7.49. The zero-order chi connectivity index (χ0) is 15.7. The third kappa shape index (κ3) is 2.74. The van der Waals surface area contributed by atoms with Crippen molar-refractivity contribution in [2.75, 3.05) is 18.4 Å². The number of nitrogens with zero attached hydrogens (tertiary/aromatic N) is 3. The minimum absolute atomic E-state index is 0.167. The third-order valence-corrected chi connectivity index (χ3v) is 4.59. The summed E-state index contributed by atoms with van der Waals surface area (Å²) in [5, 5.41) is 25.2. The second-order valence-electron chi connectivity index (χ2n) is 5.85. The Labute approximate surface area is 127 Å². The quantitative estimate of drug-likeness (QED) is 0.677. The molecule has 0 amide bonds. The van der Waals surface area contributed by atoms with Crippen LogP contribution in [0.4, 0.5) is 17.1 Å². The number of benzene rings is 1. The first kappa shape index (κ1) is 14.7. The van der Waals surface area contributed by atoms with Crippen molar-refractivity contribution >= 4 is 17.1 Å². The highest BCUT2D eigenvalue weighted by Crippen LogP contribution is 2.34. The molecule has 2 heterocycles. The number of non-ortho nitro benzene ring substituents is 1. The van der Waals surface area contributed by atoms with Crippen molar-refractivity contribution in [3.63, 3.8) is 0 Å². The van der Waals surface area contributed by atoms with Crippen molar-refractivity contribution in [1.82, 2.24) is 4.90 Å². The van der Waals surface area contributed by atoms with E-state index in [1.807, 2.05) is 0 Å². The van der Waals surface area contributed by atoms with Gasteiger partial charge in [-0.25, -0.2) is 0 Å². The minimum Gasteiger partial charge on any atom is -0.375 e. The third-order valence-electron chi connectivity index (χ3n) is 4.59. The number of nitro benzene ring substituents is 2. The van der Waals surface area contributed by atoms with Gasteiger partial charge in [0.15, 0.2) is 0 Å². The van der Waals surface area contributed by atoms with Crippen LogP contribution in [-0.4, -0.2) is 39.9 Å². The predicted octanol–water partition coefficient (Wildman–Crippen LogP) is 2.54. The van der Waals surface area contributed by atoms with Crippen LogP contribution in [0, 0.1) is 20.2 Å². The summed E-state index contributed by atoms with van der Waals surface area (Å²) in [7, 11) is 0. The first-order valence-corrected chi connectivity index (χ1v) is 7.49. The van der Waals surface area contributed by atoms with Crippen LogP contribution < -0.4 is 5.32 Å². The number of rotatable bonds is 4. The maximum absolute atomic E-state index is 11.2. The Kier molecular flexibility index (Phi) is 3.93. The summed E-state index contributed by atoms with van der Waals surface area (Å²) in [6.45, 7) is 2.09. The number of nitrogens with one attached hydrogen (secondary N) is 1. The summed E-state index contributed by atoms with van der Waals surface area (Å²) in [6.07, 6.45) is 4.43. The first-order chi connectivity index (χ1) is 10.6. The molecule has 3 rings (SSSR count). The number of hydrogen-bond acceptors (Lipinski definition) is 6. The molecular weight excluding hydrogens is 288 g/mol. The van der Waals surface area contributed by atoms with Gasteiger partial charge in [-0.3, -0.25) is 25.1 Å². The summed E-state index contributed by atoms with van der Waals surface area (Å²) >= 11 is 0. The summed E-state index contributed by atoms with van der Waals surface area (Å²) in [5.41, 5.74) is -0.126. The Morgan fingerprint density at radius 2 is 1.91 bits per heavy atom. The Bertz CT molecular complexity index is 607. The van der Waals surface area contributed by atoms with E-state index >= 15 is 0 Å². The van der Waals surface area contributed by atoms with Crippen molar-refractivity contribution in [2.24, 2.45) is 0 Å². The number of fused-ring (bicyclic) bond motifs is 1. The molecule has 118 valence electrons. The zero-order valence-corrected chi connectivity index (χ0v) is 12.1. The van der Waals surface area contributed by atoms with Gasteiger partial charge < -0.3 is 5.32 Å². The molecule has 8 heteroatoms. The Morgan fingerprint density at radius 1 is 1.09 bits per heavy atom. The minimum atomic E-state index is -0.616. The van der Waals surface area contributed by atoms with Gasteiger partial charge in [-0.2, -0.15) is 0 Å². The van der Waals surface area contributed by atoms with Crippen LogP contribution in [0.1, 0.15) is 25.7 Å². The molecule has 2 fully saturated rings. The van der Waals surface area contributed by atoms with Crippen molar-refractivity contribution in [3.05, 3.63) is 38.4 Å². The Morgan fingerprint density at radius 3 is 2.64 bits per heavy atom. The number of anilines is 1. The van der Waals surface area contributed by atoms with Crippen LogP contribution in [0.2, 0.25) is 0 Å². The van der Waals surface area contributed by atoms with Crippen LogP contribution in [-0.2, 0) is 0 Å². The summed E-state index contributed by atoms with van der Waals surface area (Å²) in [4.78, 5) is 23.2. The van der Waals surface area contributed by atoms with Crippen LogP contribution in [0.25, 0.3) is 0 Å². The van der Waals surface area contributed by atoms with E-state index in [0.717, 1.165) is 32.0 Å². The molecule has 0 saturated carbocycles. The zero-order valence-electron chi connectivity index (χ0n) is 12.1. The van der Waals surface area contributed by atoms with Crippen molar-refractivity contribution < 1.29 is 9.85 Å². The van der Waals surface area contributed by atoms with Gasteiger partial charge in [0.05, 0.1) is 15.9 Å². The number of hydrogen-bond donors (Lipinski definition) is 1. The van der Waals surface area contributed by atoms with Gasteiger partial charge in [0.2, 0.25) is 0 Å². The molecule has 0 bridgehead atoms. The van der Waals surface area contributed by atoms with Crippen molar-refractivity contribution in [3.8, 4) is 0 Å². The van der Waals surface area contributed by atoms with E-state index in [2.05, 4.69) is 10.2 Å². The smallest absolute Gasteiger partial charge is 0.299 e. The molecule has 1 aromatic rings. The highest BCUT2D eigenvalue weighted by atomic mass is 16.6. The lowest BCUT2D eigenvalue weighted by Crippen LogP contribution is -2.41. The lowest BCUT2D eigenvalue weighted by Gasteiger charge is -2.32. The normalized spacial score (nSPS) is 24.7. The molecular formula is C14H18N4O4. The molecule has 1 N–H and O–H groups in total. The van der Waals surface area contributed by atoms with Gasteiger partial charge in [-0.15, -0.1) is 0 Å². The Balaban J connectivity index is 1.82. The molecule has 0 unspecified atom stereocenters. The van der Waals surface area contributed by atoms with E-state index in [9.17, 15) is 20.2 Å². The van der Waals surface area contributed by atoms with Crippen molar-refractivity contribution in [2.45, 2.75) is 37.8 Å². The lowest BCUT2D eigenvalue weighted by atomic mass is 9.99. The van der Waals surface area contributed by atoms with E-state index in [1.54, 1.807) is 0 Å². The molecule has 1 aromatic carbocycles. The summed E-state index contributed by atoms with van der Waals surface area (Å²) in [5.74, 6) is 0. The van der Waals surface area contributed by atoms with E-state index in [1.165, 1.54) is 25.0 Å². The number of piperidine rings is 1. The SMILES string of the molecule is O=[N+]([O-])c1ccc(N[C@H]2CCN3CCCC[C@H]23)c([N+](=O)[O-])c1. The maximum atomic E-state index is 11.2. The van der Waals surface area contributed by atoms with Crippen molar-refractivity contribution in [1.29, 1.82) is 0 Å². The Hall–Kier alpha value is -2.22. The molecule has 0 radical (unpaired) electrons. The highest BCUT2D eigenvalue weighted by molar-refractivity contribution is 5.65. The molecule has 2 aliphatic heterocycles. The molecule has 0 spiro atoms. The second-order valence-corrected chi connectivity index (χ2v) is 5.85. The van der Waals surface area contributed by atoms with Crippen LogP contribution >= 0.6 is 0 Å².